The molecule has 4 aliphatic carbocycles. The summed E-state index contributed by atoms with van der Waals surface area (Å²) in [5, 5.41) is 6.11. The first-order valence-corrected chi connectivity index (χ1v) is 11.5. The van der Waals surface area contributed by atoms with Gasteiger partial charge in [0, 0.05) is 16.1 Å². The number of aryl methyl sites for hydroxylation is 1. The van der Waals surface area contributed by atoms with Gasteiger partial charge in [0.05, 0.1) is 11.6 Å². The second-order valence-corrected chi connectivity index (χ2v) is 11.8. The van der Waals surface area contributed by atoms with Crippen LogP contribution in [0.4, 0.5) is 0 Å². The second-order valence-electron chi connectivity index (χ2n) is 9.08. The number of carbonyl (C=O) groups is 1. The molecule has 0 aliphatic heterocycles. The predicted molar refractivity (Wildman–Crippen MR) is 110 cm³/mol. The number of nitrogens with one attached hydrogen (secondary N) is 1. The minimum atomic E-state index is 0.163. The fourth-order valence-corrected chi connectivity index (χ4v) is 8.33. The SMILES string of the molecule is Cc1nc(-c2ccc(CNC(=O)CC34CC5CC(CC(Br)(C5)C3)C4)o2)cs1. The highest BCUT2D eigenvalue weighted by Gasteiger charge is 2.57. The van der Waals surface area contributed by atoms with Gasteiger partial charge in [-0.25, -0.2) is 4.98 Å². The maximum absolute atomic E-state index is 12.7. The Labute approximate surface area is 172 Å². The Balaban J connectivity index is 1.20. The third kappa shape index (κ3) is 3.51. The zero-order valence-corrected chi connectivity index (χ0v) is 18.0. The van der Waals surface area contributed by atoms with Crippen LogP contribution in [0.25, 0.3) is 11.5 Å². The predicted octanol–water partition coefficient (Wildman–Crippen LogP) is 5.45. The van der Waals surface area contributed by atoms with Gasteiger partial charge in [-0.1, -0.05) is 15.9 Å². The van der Waals surface area contributed by atoms with E-state index >= 15 is 0 Å². The first-order valence-electron chi connectivity index (χ1n) is 9.87. The Bertz CT molecular complexity index is 859. The van der Waals surface area contributed by atoms with Crippen molar-refractivity contribution >= 4 is 33.2 Å². The molecule has 0 radical (unpaired) electrons. The minimum Gasteiger partial charge on any atom is -0.458 e. The molecule has 4 saturated carbocycles. The van der Waals surface area contributed by atoms with Crippen molar-refractivity contribution in [2.75, 3.05) is 0 Å². The van der Waals surface area contributed by atoms with Gasteiger partial charge in [0.15, 0.2) is 5.76 Å². The highest BCUT2D eigenvalue weighted by molar-refractivity contribution is 9.10. The number of hydrogen-bond donors (Lipinski definition) is 1. The number of nitrogens with zero attached hydrogens (tertiary/aromatic N) is 1. The molecule has 0 aromatic carbocycles. The fraction of sp³-hybridized carbons (Fsp3) is 0.619. The molecule has 0 saturated heterocycles. The molecule has 2 unspecified atom stereocenters. The number of furan rings is 1. The molecule has 2 heterocycles. The van der Waals surface area contributed by atoms with Gasteiger partial charge in [-0.2, -0.15) is 0 Å². The highest BCUT2D eigenvalue weighted by Crippen LogP contribution is 2.65. The van der Waals surface area contributed by atoms with E-state index in [2.05, 4.69) is 26.2 Å². The first-order chi connectivity index (χ1) is 12.9. The minimum absolute atomic E-state index is 0.163. The molecule has 1 N–H and O–H groups in total. The molecule has 4 nitrogen and oxygen atoms in total. The molecule has 6 heteroatoms. The van der Waals surface area contributed by atoms with Crippen LogP contribution in [0.15, 0.2) is 21.9 Å². The van der Waals surface area contributed by atoms with Gasteiger partial charge in [0.2, 0.25) is 5.91 Å². The lowest BCUT2D eigenvalue weighted by Crippen LogP contribution is -2.54. The third-order valence-corrected chi connectivity index (χ3v) is 8.34. The summed E-state index contributed by atoms with van der Waals surface area (Å²) in [7, 11) is 0. The van der Waals surface area contributed by atoms with Crippen molar-refractivity contribution in [3.8, 4) is 11.5 Å². The average molecular weight is 449 g/mol. The molecule has 144 valence electrons. The van der Waals surface area contributed by atoms with Crippen molar-refractivity contribution in [1.82, 2.24) is 10.3 Å². The largest absolute Gasteiger partial charge is 0.458 e. The van der Waals surface area contributed by atoms with E-state index in [0.29, 0.717) is 17.3 Å². The van der Waals surface area contributed by atoms with E-state index in [1.165, 1.54) is 32.1 Å². The number of halogens is 1. The Morgan fingerprint density at radius 2 is 2.11 bits per heavy atom. The molecule has 2 atom stereocenters. The molecule has 4 bridgehead atoms. The van der Waals surface area contributed by atoms with Crippen LogP contribution in [0.3, 0.4) is 0 Å². The van der Waals surface area contributed by atoms with Crippen LogP contribution < -0.4 is 5.32 Å². The third-order valence-electron chi connectivity index (χ3n) is 6.64. The van der Waals surface area contributed by atoms with Crippen molar-refractivity contribution in [1.29, 1.82) is 0 Å². The lowest BCUT2D eigenvalue weighted by atomic mass is 9.48. The van der Waals surface area contributed by atoms with Crippen molar-refractivity contribution < 1.29 is 9.21 Å². The van der Waals surface area contributed by atoms with Crippen LogP contribution in [-0.4, -0.2) is 15.2 Å². The summed E-state index contributed by atoms with van der Waals surface area (Å²) in [6.45, 7) is 2.43. The van der Waals surface area contributed by atoms with Crippen LogP contribution in [0.5, 0.6) is 0 Å². The summed E-state index contributed by atoms with van der Waals surface area (Å²) >= 11 is 5.65. The topological polar surface area (TPSA) is 55.1 Å². The summed E-state index contributed by atoms with van der Waals surface area (Å²) in [6, 6.07) is 3.87. The molecule has 6 rings (SSSR count). The standard InChI is InChI=1S/C21H25BrN2O2S/c1-13-24-17(11-27-13)18-3-2-16(26-18)10-23-19(25)9-20-5-14-4-15(6-20)8-21(22,7-14)12-20/h2-3,11,14-15H,4-10,12H2,1H3,(H,23,25). The number of thiazole rings is 1. The van der Waals surface area contributed by atoms with Gasteiger partial charge < -0.3 is 9.73 Å². The Kier molecular flexibility index (Phi) is 4.28. The van der Waals surface area contributed by atoms with E-state index in [-0.39, 0.29) is 11.3 Å². The van der Waals surface area contributed by atoms with Crippen LogP contribution in [-0.2, 0) is 11.3 Å². The van der Waals surface area contributed by atoms with Crippen LogP contribution >= 0.6 is 27.3 Å². The number of rotatable bonds is 5. The molecule has 2 aromatic rings. The lowest BCUT2D eigenvalue weighted by molar-refractivity contribution is -0.128. The number of hydrogen-bond acceptors (Lipinski definition) is 4. The van der Waals surface area contributed by atoms with Crippen molar-refractivity contribution in [2.45, 2.75) is 62.7 Å². The van der Waals surface area contributed by atoms with E-state index in [0.717, 1.165) is 40.5 Å². The number of alkyl halides is 1. The van der Waals surface area contributed by atoms with E-state index in [9.17, 15) is 4.79 Å². The summed E-state index contributed by atoms with van der Waals surface area (Å²) in [6.07, 6.45) is 8.27. The first kappa shape index (κ1) is 17.9. The molecule has 1 amide bonds. The van der Waals surface area contributed by atoms with Gasteiger partial charge in [0.1, 0.15) is 11.5 Å². The van der Waals surface area contributed by atoms with E-state index in [1.807, 2.05) is 24.4 Å². The summed E-state index contributed by atoms with van der Waals surface area (Å²) in [4.78, 5) is 17.2. The van der Waals surface area contributed by atoms with Crippen molar-refractivity contribution in [2.24, 2.45) is 17.3 Å². The lowest BCUT2D eigenvalue weighted by Gasteiger charge is -2.60. The summed E-state index contributed by atoms with van der Waals surface area (Å²) < 4.78 is 6.17. The monoisotopic (exact) mass is 448 g/mol. The van der Waals surface area contributed by atoms with Gasteiger partial charge >= 0.3 is 0 Å². The zero-order valence-electron chi connectivity index (χ0n) is 15.6. The van der Waals surface area contributed by atoms with Crippen molar-refractivity contribution in [3.05, 3.63) is 28.3 Å². The van der Waals surface area contributed by atoms with Gasteiger partial charge in [-0.05, 0) is 74.8 Å². The molecule has 4 fully saturated rings. The van der Waals surface area contributed by atoms with E-state index < -0.39 is 0 Å². The van der Waals surface area contributed by atoms with Gasteiger partial charge in [0.25, 0.3) is 0 Å². The normalized spacial score (nSPS) is 34.1. The van der Waals surface area contributed by atoms with Crippen LogP contribution in [0.1, 0.15) is 55.7 Å². The highest BCUT2D eigenvalue weighted by atomic mass is 79.9. The second kappa shape index (κ2) is 6.45. The van der Waals surface area contributed by atoms with Crippen LogP contribution in [0.2, 0.25) is 0 Å². The molecule has 0 spiro atoms. The molecular weight excluding hydrogens is 424 g/mol. The van der Waals surface area contributed by atoms with Crippen LogP contribution in [0, 0.1) is 24.2 Å². The Morgan fingerprint density at radius 1 is 1.33 bits per heavy atom. The van der Waals surface area contributed by atoms with E-state index in [1.54, 1.807) is 11.3 Å². The number of amides is 1. The molecule has 2 aromatic heterocycles. The van der Waals surface area contributed by atoms with Crippen molar-refractivity contribution in [3.63, 3.8) is 0 Å². The number of carbonyl (C=O) groups excluding carboxylic acids is 1. The quantitative estimate of drug-likeness (QED) is 0.618. The zero-order chi connectivity index (χ0) is 18.6. The summed E-state index contributed by atoms with van der Waals surface area (Å²) in [5.41, 5.74) is 1.08. The average Bonchev–Trinajstić information content (AvgIpc) is 3.18. The molecule has 27 heavy (non-hydrogen) atoms. The maximum Gasteiger partial charge on any atom is 0.220 e. The van der Waals surface area contributed by atoms with Gasteiger partial charge in [-0.3, -0.25) is 4.79 Å². The van der Waals surface area contributed by atoms with Gasteiger partial charge in [-0.15, -0.1) is 11.3 Å². The number of aromatic nitrogens is 1. The molecule has 4 aliphatic rings. The summed E-state index contributed by atoms with van der Waals surface area (Å²) in [5.74, 6) is 3.34. The fourth-order valence-electron chi connectivity index (χ4n) is 6.22. The smallest absolute Gasteiger partial charge is 0.220 e. The Morgan fingerprint density at radius 3 is 2.78 bits per heavy atom. The Hall–Kier alpha value is -1.14. The maximum atomic E-state index is 12.7. The van der Waals surface area contributed by atoms with E-state index in [4.69, 9.17) is 4.42 Å². The molecular formula is C21H25BrN2O2S.